The highest BCUT2D eigenvalue weighted by Gasteiger charge is 2.51. The van der Waals surface area contributed by atoms with Gasteiger partial charge in [0.15, 0.2) is 5.76 Å². The first-order valence-electron chi connectivity index (χ1n) is 16.0. The minimum absolute atomic E-state index is 0.0282. The van der Waals surface area contributed by atoms with Crippen LogP contribution in [0, 0.1) is 0 Å². The van der Waals surface area contributed by atoms with Crippen molar-refractivity contribution in [2.45, 2.75) is 95.8 Å². The minimum Gasteiger partial charge on any atom is -0.456 e. The van der Waals surface area contributed by atoms with Crippen LogP contribution in [0.1, 0.15) is 72.3 Å². The number of carbonyl (C=O) groups excluding carboxylic acids is 3. The first-order valence-corrected chi connectivity index (χ1v) is 16.4. The Labute approximate surface area is 280 Å². The maximum absolute atomic E-state index is 14.0. The number of alkyl halides is 1. The number of nitrogens with one attached hydrogen (secondary N) is 1. The Bertz CT molecular complexity index is 1260. The van der Waals surface area contributed by atoms with Gasteiger partial charge in [-0.3, -0.25) is 14.4 Å². The first kappa shape index (κ1) is 38.8. The van der Waals surface area contributed by atoms with Crippen LogP contribution in [-0.2, 0) is 30.5 Å². The standard InChI is InChI=1S/C32H46N4O5.C4H7Cl/c1-7-15-23(3)41-27-25(32(35(6)29(27)38)18-13-10-14-19-32)20-36(8-2)28(37)26(34-30(39)31(4,5)33)22-40-21-24-16-11-9-12-17-24;1-3-4(2)5/h7,9,11-12,15-17,26H,1,8,10,13-14,18-22,33H2,2-6H3,(H,34,39);3-4H,1H2,2H3/b23-15+;/t26-;/m1./s1. The minimum atomic E-state index is -1.18. The Balaban J connectivity index is 0.00000136. The molecule has 1 fully saturated rings. The number of likely N-dealkylation sites (N-methyl/N-ethyl adjacent to an activating group) is 2. The summed E-state index contributed by atoms with van der Waals surface area (Å²) in [6.45, 7) is 16.7. The molecule has 10 heteroatoms. The van der Waals surface area contributed by atoms with E-state index in [9.17, 15) is 14.4 Å². The number of allylic oxidation sites excluding steroid dienone is 4. The Hall–Kier alpha value is -3.40. The lowest BCUT2D eigenvalue weighted by molar-refractivity contribution is -0.139. The van der Waals surface area contributed by atoms with Crippen molar-refractivity contribution < 1.29 is 23.9 Å². The van der Waals surface area contributed by atoms with Crippen LogP contribution in [0.15, 0.2) is 78.8 Å². The van der Waals surface area contributed by atoms with Gasteiger partial charge in [0.2, 0.25) is 11.8 Å². The topological polar surface area (TPSA) is 114 Å². The van der Waals surface area contributed by atoms with Gasteiger partial charge in [-0.2, -0.15) is 0 Å². The first-order chi connectivity index (χ1) is 21.7. The number of amides is 3. The number of hydrogen-bond acceptors (Lipinski definition) is 6. The van der Waals surface area contributed by atoms with E-state index in [0.717, 1.165) is 43.2 Å². The molecule has 46 heavy (non-hydrogen) atoms. The number of nitrogens with two attached hydrogens (primary N) is 1. The molecule has 2 aliphatic rings. The van der Waals surface area contributed by atoms with Crippen molar-refractivity contribution in [1.82, 2.24) is 15.1 Å². The molecule has 0 radical (unpaired) electrons. The van der Waals surface area contributed by atoms with Gasteiger partial charge in [-0.1, -0.05) is 68.3 Å². The zero-order valence-corrected chi connectivity index (χ0v) is 29.2. The number of nitrogens with zero attached hydrogens (tertiary/aromatic N) is 2. The third-order valence-corrected chi connectivity index (χ3v) is 8.40. The molecule has 2 atom stereocenters. The molecular formula is C36H53ClN4O5. The van der Waals surface area contributed by atoms with E-state index in [1.54, 1.807) is 48.8 Å². The third-order valence-electron chi connectivity index (χ3n) is 8.22. The number of ether oxygens (including phenoxy) is 2. The maximum atomic E-state index is 14.0. The van der Waals surface area contributed by atoms with Crippen LogP contribution in [0.2, 0.25) is 0 Å². The van der Waals surface area contributed by atoms with Crippen LogP contribution in [0.5, 0.6) is 0 Å². The number of halogens is 1. The Morgan fingerprint density at radius 2 is 1.80 bits per heavy atom. The van der Waals surface area contributed by atoms with Crippen molar-refractivity contribution in [3.63, 3.8) is 0 Å². The van der Waals surface area contributed by atoms with E-state index >= 15 is 0 Å². The lowest BCUT2D eigenvalue weighted by atomic mass is 9.76. The molecule has 3 N–H and O–H groups in total. The summed E-state index contributed by atoms with van der Waals surface area (Å²) in [6.07, 6.45) is 9.66. The van der Waals surface area contributed by atoms with Crippen molar-refractivity contribution in [3.05, 3.63) is 84.4 Å². The largest absolute Gasteiger partial charge is 0.456 e. The summed E-state index contributed by atoms with van der Waals surface area (Å²) in [5.41, 5.74) is 6.10. The average Bonchev–Trinajstić information content (AvgIpc) is 3.20. The van der Waals surface area contributed by atoms with Gasteiger partial charge in [0, 0.05) is 31.1 Å². The molecule has 1 saturated carbocycles. The fraction of sp³-hybridized carbons (Fsp3) is 0.528. The van der Waals surface area contributed by atoms with E-state index in [0.29, 0.717) is 18.9 Å². The summed E-state index contributed by atoms with van der Waals surface area (Å²) in [5, 5.41) is 2.93. The molecule has 1 heterocycles. The number of hydrogen-bond donors (Lipinski definition) is 2. The highest BCUT2D eigenvalue weighted by atomic mass is 35.5. The predicted octanol–water partition coefficient (Wildman–Crippen LogP) is 5.61. The van der Waals surface area contributed by atoms with E-state index in [1.807, 2.05) is 51.2 Å². The van der Waals surface area contributed by atoms with Gasteiger partial charge in [0.05, 0.1) is 24.3 Å². The summed E-state index contributed by atoms with van der Waals surface area (Å²) in [4.78, 5) is 43.9. The third kappa shape index (κ3) is 10.6. The summed E-state index contributed by atoms with van der Waals surface area (Å²) in [6, 6.07) is 8.66. The molecule has 0 aromatic heterocycles. The van der Waals surface area contributed by atoms with Crippen LogP contribution in [0.4, 0.5) is 0 Å². The molecule has 1 aliphatic carbocycles. The van der Waals surface area contributed by atoms with Crippen LogP contribution >= 0.6 is 11.6 Å². The molecule has 0 bridgehead atoms. The van der Waals surface area contributed by atoms with Crippen molar-refractivity contribution in [2.75, 3.05) is 26.7 Å². The summed E-state index contributed by atoms with van der Waals surface area (Å²) < 4.78 is 12.0. The summed E-state index contributed by atoms with van der Waals surface area (Å²) >= 11 is 5.34. The molecular weight excluding hydrogens is 604 g/mol. The van der Waals surface area contributed by atoms with Crippen molar-refractivity contribution in [2.24, 2.45) is 5.73 Å². The fourth-order valence-electron chi connectivity index (χ4n) is 5.49. The van der Waals surface area contributed by atoms with Gasteiger partial charge in [0.1, 0.15) is 11.8 Å². The molecule has 254 valence electrons. The Morgan fingerprint density at radius 3 is 2.33 bits per heavy atom. The zero-order valence-electron chi connectivity index (χ0n) is 28.4. The molecule has 3 rings (SSSR count). The number of rotatable bonds is 14. The van der Waals surface area contributed by atoms with Gasteiger partial charge in [-0.15, -0.1) is 18.2 Å². The Kier molecular flexibility index (Phi) is 15.2. The van der Waals surface area contributed by atoms with E-state index in [-0.39, 0.29) is 36.1 Å². The molecule has 1 spiro atoms. The quantitative estimate of drug-likeness (QED) is 0.117. The van der Waals surface area contributed by atoms with Gasteiger partial charge in [0.25, 0.3) is 5.91 Å². The zero-order chi connectivity index (χ0) is 34.5. The van der Waals surface area contributed by atoms with Crippen LogP contribution in [0.3, 0.4) is 0 Å². The lowest BCUT2D eigenvalue weighted by Gasteiger charge is -2.42. The highest BCUT2D eigenvalue weighted by Crippen LogP contribution is 2.46. The van der Waals surface area contributed by atoms with E-state index < -0.39 is 23.0 Å². The van der Waals surface area contributed by atoms with Crippen LogP contribution in [-0.4, -0.2) is 76.8 Å². The summed E-state index contributed by atoms with van der Waals surface area (Å²) in [7, 11) is 1.82. The van der Waals surface area contributed by atoms with Gasteiger partial charge < -0.3 is 30.3 Å². The van der Waals surface area contributed by atoms with Gasteiger partial charge in [-0.05, 0) is 59.1 Å². The van der Waals surface area contributed by atoms with E-state index in [2.05, 4.69) is 18.5 Å². The lowest BCUT2D eigenvalue weighted by Crippen LogP contribution is -2.58. The Morgan fingerprint density at radius 1 is 1.20 bits per heavy atom. The molecule has 1 aliphatic heterocycles. The normalized spacial score (nSPS) is 17.5. The monoisotopic (exact) mass is 656 g/mol. The maximum Gasteiger partial charge on any atom is 0.290 e. The number of carbonyl (C=O) groups is 3. The van der Waals surface area contributed by atoms with Crippen LogP contribution < -0.4 is 11.1 Å². The molecule has 0 saturated heterocycles. The molecule has 3 amide bonds. The van der Waals surface area contributed by atoms with E-state index in [1.165, 1.54) is 0 Å². The molecule has 1 aromatic rings. The average molecular weight is 657 g/mol. The number of benzene rings is 1. The van der Waals surface area contributed by atoms with Crippen molar-refractivity contribution in [1.29, 1.82) is 0 Å². The molecule has 1 aromatic carbocycles. The van der Waals surface area contributed by atoms with E-state index in [4.69, 9.17) is 26.8 Å². The molecule has 9 nitrogen and oxygen atoms in total. The van der Waals surface area contributed by atoms with Gasteiger partial charge >= 0.3 is 0 Å². The second-order valence-electron chi connectivity index (χ2n) is 12.4. The van der Waals surface area contributed by atoms with Gasteiger partial charge in [-0.25, -0.2) is 0 Å². The predicted molar refractivity (Wildman–Crippen MR) is 185 cm³/mol. The highest BCUT2D eigenvalue weighted by molar-refractivity contribution is 6.21. The van der Waals surface area contributed by atoms with Crippen molar-refractivity contribution >= 4 is 29.3 Å². The summed E-state index contributed by atoms with van der Waals surface area (Å²) in [5.74, 6) is -0.149. The second-order valence-corrected chi connectivity index (χ2v) is 13.1. The molecule has 1 unspecified atom stereocenters. The SMILES string of the molecule is C=C/C=C(\C)OC1=C(CN(CC)C(=O)[C@@H](COCc2ccccc2)NC(=O)C(C)(C)N)C2(CCCCC2)N(C)C1=O.C=CC(C)Cl. The smallest absolute Gasteiger partial charge is 0.290 e. The van der Waals surface area contributed by atoms with Crippen molar-refractivity contribution in [3.8, 4) is 0 Å². The second kappa shape index (κ2) is 18.1. The fourth-order valence-corrected chi connectivity index (χ4v) is 5.49. The van der Waals surface area contributed by atoms with Crippen LogP contribution in [0.25, 0.3) is 0 Å².